The van der Waals surface area contributed by atoms with Crippen molar-refractivity contribution in [2.45, 2.75) is 39.8 Å². The van der Waals surface area contributed by atoms with Crippen molar-refractivity contribution in [2.75, 3.05) is 6.54 Å². The number of fused-ring (bicyclic) bond motifs is 3. The number of aryl methyl sites for hydroxylation is 1. The summed E-state index contributed by atoms with van der Waals surface area (Å²) in [4.78, 5) is 23.1. The lowest BCUT2D eigenvalue weighted by atomic mass is 10.2. The van der Waals surface area contributed by atoms with Gasteiger partial charge in [0.15, 0.2) is 0 Å². The van der Waals surface area contributed by atoms with Gasteiger partial charge in [0.25, 0.3) is 0 Å². The van der Waals surface area contributed by atoms with Crippen LogP contribution >= 0.6 is 11.3 Å². The van der Waals surface area contributed by atoms with Crippen LogP contribution in [0.1, 0.15) is 33.5 Å². The van der Waals surface area contributed by atoms with E-state index in [1.54, 1.807) is 22.4 Å². The van der Waals surface area contributed by atoms with Crippen LogP contribution < -0.4 is 0 Å². The van der Waals surface area contributed by atoms with Gasteiger partial charge in [0.2, 0.25) is 0 Å². The minimum Gasteiger partial charge on any atom is -0.444 e. The number of carbonyl (C=O) groups excluding carboxylic acids is 1. The van der Waals surface area contributed by atoms with Crippen molar-refractivity contribution in [1.82, 2.24) is 19.4 Å². The van der Waals surface area contributed by atoms with E-state index in [4.69, 9.17) is 4.74 Å². The van der Waals surface area contributed by atoms with E-state index in [9.17, 15) is 4.79 Å². The summed E-state index contributed by atoms with van der Waals surface area (Å²) in [7, 11) is 1.98. The number of hydrogen-bond donors (Lipinski definition) is 0. The highest BCUT2D eigenvalue weighted by Crippen LogP contribution is 2.28. The van der Waals surface area contributed by atoms with E-state index >= 15 is 0 Å². The first-order chi connectivity index (χ1) is 11.3. The van der Waals surface area contributed by atoms with Crippen molar-refractivity contribution in [1.29, 1.82) is 0 Å². The highest BCUT2D eigenvalue weighted by Gasteiger charge is 2.23. The molecule has 0 radical (unpaired) electrons. The van der Waals surface area contributed by atoms with E-state index in [0.29, 0.717) is 13.1 Å². The summed E-state index contributed by atoms with van der Waals surface area (Å²) in [6.07, 6.45) is 1.47. The van der Waals surface area contributed by atoms with E-state index in [1.165, 1.54) is 0 Å². The second-order valence-corrected chi connectivity index (χ2v) is 7.62. The molecule has 6 nitrogen and oxygen atoms in total. The Bertz CT molecular complexity index is 891. The molecular weight excluding hydrogens is 324 g/mol. The smallest absolute Gasteiger partial charge is 0.410 e. The molecule has 0 saturated carbocycles. The third kappa shape index (κ3) is 3.08. The average Bonchev–Trinajstić information content (AvgIpc) is 3.07. The zero-order valence-corrected chi connectivity index (χ0v) is 15.5. The SMILES string of the molecule is CCN(Cc1nc2cnc3ccsc3c2n1C)C(=O)OC(C)(C)C. The second kappa shape index (κ2) is 6.05. The molecule has 0 saturated heterocycles. The molecule has 3 aromatic rings. The van der Waals surface area contributed by atoms with Crippen LogP contribution in [-0.2, 0) is 18.3 Å². The molecule has 24 heavy (non-hydrogen) atoms. The van der Waals surface area contributed by atoms with Crippen LogP contribution in [0.4, 0.5) is 4.79 Å². The van der Waals surface area contributed by atoms with Gasteiger partial charge in [-0.05, 0) is 39.1 Å². The fourth-order valence-electron chi connectivity index (χ4n) is 2.58. The lowest BCUT2D eigenvalue weighted by molar-refractivity contribution is 0.0238. The molecule has 0 fully saturated rings. The molecule has 0 unspecified atom stereocenters. The van der Waals surface area contributed by atoms with Crippen molar-refractivity contribution in [2.24, 2.45) is 7.05 Å². The third-order valence-electron chi connectivity index (χ3n) is 3.77. The van der Waals surface area contributed by atoms with Gasteiger partial charge in [-0.15, -0.1) is 11.3 Å². The molecule has 0 aliphatic carbocycles. The van der Waals surface area contributed by atoms with Crippen LogP contribution in [0.15, 0.2) is 17.6 Å². The predicted molar refractivity (Wildman–Crippen MR) is 96.2 cm³/mol. The van der Waals surface area contributed by atoms with Gasteiger partial charge in [0.05, 0.1) is 28.5 Å². The number of aromatic nitrogens is 3. The van der Waals surface area contributed by atoms with Crippen molar-refractivity contribution < 1.29 is 9.53 Å². The van der Waals surface area contributed by atoms with Crippen molar-refractivity contribution in [3.8, 4) is 0 Å². The third-order valence-corrected chi connectivity index (χ3v) is 4.68. The van der Waals surface area contributed by atoms with Crippen molar-refractivity contribution in [3.63, 3.8) is 0 Å². The number of thiophene rings is 1. The monoisotopic (exact) mass is 346 g/mol. The Balaban J connectivity index is 1.94. The number of ether oxygens (including phenoxy) is 1. The maximum Gasteiger partial charge on any atom is 0.410 e. The minimum absolute atomic E-state index is 0.323. The summed E-state index contributed by atoms with van der Waals surface area (Å²) in [5.41, 5.74) is 2.37. The number of imidazole rings is 1. The molecule has 3 heterocycles. The van der Waals surface area contributed by atoms with Gasteiger partial charge in [0.1, 0.15) is 16.9 Å². The normalized spacial score (nSPS) is 12.0. The van der Waals surface area contributed by atoms with Crippen LogP contribution in [0.25, 0.3) is 21.3 Å². The van der Waals surface area contributed by atoms with E-state index in [2.05, 4.69) is 9.97 Å². The van der Waals surface area contributed by atoms with E-state index in [1.807, 2.05) is 50.8 Å². The fraction of sp³-hybridized carbons (Fsp3) is 0.471. The average molecular weight is 346 g/mol. The van der Waals surface area contributed by atoms with Gasteiger partial charge in [-0.2, -0.15) is 0 Å². The molecule has 0 aliphatic heterocycles. The number of nitrogens with zero attached hydrogens (tertiary/aromatic N) is 4. The quantitative estimate of drug-likeness (QED) is 0.721. The number of rotatable bonds is 3. The maximum absolute atomic E-state index is 12.3. The Morgan fingerprint density at radius 3 is 2.79 bits per heavy atom. The second-order valence-electron chi connectivity index (χ2n) is 6.71. The summed E-state index contributed by atoms with van der Waals surface area (Å²) in [5, 5.41) is 2.03. The number of pyridine rings is 1. The summed E-state index contributed by atoms with van der Waals surface area (Å²) < 4.78 is 8.64. The minimum atomic E-state index is -0.510. The molecule has 1 amide bonds. The van der Waals surface area contributed by atoms with Gasteiger partial charge in [-0.3, -0.25) is 4.98 Å². The number of amides is 1. The van der Waals surface area contributed by atoms with Gasteiger partial charge >= 0.3 is 6.09 Å². The molecule has 0 N–H and O–H groups in total. The maximum atomic E-state index is 12.3. The summed E-state index contributed by atoms with van der Waals surface area (Å²) >= 11 is 1.65. The van der Waals surface area contributed by atoms with Gasteiger partial charge in [0, 0.05) is 13.6 Å². The van der Waals surface area contributed by atoms with E-state index in [-0.39, 0.29) is 6.09 Å². The van der Waals surface area contributed by atoms with Crippen molar-refractivity contribution >= 4 is 38.7 Å². The molecule has 0 atom stereocenters. The Morgan fingerprint density at radius 2 is 2.12 bits per heavy atom. The van der Waals surface area contributed by atoms with E-state index < -0.39 is 5.60 Å². The largest absolute Gasteiger partial charge is 0.444 e. The molecule has 3 aromatic heterocycles. The standard InChI is InChI=1S/C17H22N4O2S/c1-6-21(16(22)23-17(2,3)4)10-13-19-12-9-18-11-7-8-24-15(11)14(12)20(13)5/h7-9H,6,10H2,1-5H3. The zero-order chi connectivity index (χ0) is 17.5. The summed E-state index contributed by atoms with van der Waals surface area (Å²) in [6.45, 7) is 8.51. The Labute approximate surface area is 145 Å². The van der Waals surface area contributed by atoms with Gasteiger partial charge < -0.3 is 14.2 Å². The lowest BCUT2D eigenvalue weighted by Gasteiger charge is -2.26. The van der Waals surface area contributed by atoms with Crippen LogP contribution in [-0.4, -0.2) is 37.7 Å². The first-order valence-electron chi connectivity index (χ1n) is 7.95. The first kappa shape index (κ1) is 16.7. The van der Waals surface area contributed by atoms with Crippen LogP contribution in [0.5, 0.6) is 0 Å². The summed E-state index contributed by atoms with van der Waals surface area (Å²) in [5.74, 6) is 0.820. The zero-order valence-electron chi connectivity index (χ0n) is 14.7. The number of carbonyl (C=O) groups is 1. The van der Waals surface area contributed by atoms with Crippen molar-refractivity contribution in [3.05, 3.63) is 23.5 Å². The fourth-order valence-corrected chi connectivity index (χ4v) is 3.51. The van der Waals surface area contributed by atoms with Gasteiger partial charge in [-0.25, -0.2) is 9.78 Å². The Morgan fingerprint density at radius 1 is 1.38 bits per heavy atom. The highest BCUT2D eigenvalue weighted by molar-refractivity contribution is 7.18. The molecule has 0 spiro atoms. The first-order valence-corrected chi connectivity index (χ1v) is 8.83. The molecule has 3 rings (SSSR count). The van der Waals surface area contributed by atoms with Crippen LogP contribution in [0.2, 0.25) is 0 Å². The molecule has 0 aliphatic rings. The Kier molecular flexibility index (Phi) is 4.21. The number of hydrogen-bond acceptors (Lipinski definition) is 5. The van der Waals surface area contributed by atoms with Gasteiger partial charge in [-0.1, -0.05) is 0 Å². The lowest BCUT2D eigenvalue weighted by Crippen LogP contribution is -2.36. The summed E-state index contributed by atoms with van der Waals surface area (Å²) in [6, 6.07) is 2.01. The predicted octanol–water partition coefficient (Wildman–Crippen LogP) is 3.94. The van der Waals surface area contributed by atoms with E-state index in [0.717, 1.165) is 27.1 Å². The molecule has 0 bridgehead atoms. The molecule has 7 heteroatoms. The topological polar surface area (TPSA) is 60.2 Å². The van der Waals surface area contributed by atoms with Crippen LogP contribution in [0, 0.1) is 0 Å². The molecular formula is C17H22N4O2S. The Hall–Kier alpha value is -2.15. The highest BCUT2D eigenvalue weighted by atomic mass is 32.1. The van der Waals surface area contributed by atoms with Crippen LogP contribution in [0.3, 0.4) is 0 Å². The molecule has 0 aromatic carbocycles. The molecule has 128 valence electrons.